The number of piperazine rings is 1. The molecule has 0 bridgehead atoms. The second kappa shape index (κ2) is 8.21. The summed E-state index contributed by atoms with van der Waals surface area (Å²) in [4.78, 5) is 23.2. The summed E-state index contributed by atoms with van der Waals surface area (Å²) in [7, 11) is 0. The maximum Gasteiger partial charge on any atom is 0.276 e. The summed E-state index contributed by atoms with van der Waals surface area (Å²) in [6.45, 7) is 4.18. The van der Waals surface area contributed by atoms with Gasteiger partial charge in [0.15, 0.2) is 0 Å². The Morgan fingerprint density at radius 1 is 1.10 bits per heavy atom. The number of hydrogen-bond acceptors (Lipinski definition) is 8. The van der Waals surface area contributed by atoms with Gasteiger partial charge in [-0.05, 0) is 29.8 Å². The van der Waals surface area contributed by atoms with Crippen LogP contribution >= 0.6 is 11.3 Å². The van der Waals surface area contributed by atoms with Gasteiger partial charge in [0.05, 0.1) is 0 Å². The Morgan fingerprint density at radius 2 is 1.93 bits per heavy atom. The van der Waals surface area contributed by atoms with Crippen LogP contribution in [0.3, 0.4) is 0 Å². The molecule has 2 N–H and O–H groups in total. The van der Waals surface area contributed by atoms with Crippen molar-refractivity contribution in [1.29, 1.82) is 0 Å². The Labute approximate surface area is 177 Å². The molecule has 1 aliphatic rings. The molecule has 4 aromatic rings. The first-order chi connectivity index (χ1) is 14.8. The van der Waals surface area contributed by atoms with E-state index in [-0.39, 0.29) is 5.56 Å². The molecule has 0 amide bonds. The van der Waals surface area contributed by atoms with Gasteiger partial charge in [0.1, 0.15) is 10.8 Å². The van der Waals surface area contributed by atoms with E-state index < -0.39 is 0 Å². The lowest BCUT2D eigenvalue weighted by Crippen LogP contribution is -2.44. The standard InChI is InChI=1S/C21H21N7OS/c29-18-13-19(27-10-8-23-9-11-27)28-21(25-18)30-20(26-28)16-2-1-3-17(12-16)24-14-15-4-6-22-7-5-15/h1-7,12-13,23-24H,8-11,14H2. The van der Waals surface area contributed by atoms with Crippen molar-refractivity contribution in [2.45, 2.75) is 6.54 Å². The highest BCUT2D eigenvalue weighted by molar-refractivity contribution is 7.19. The molecule has 4 heterocycles. The predicted molar refractivity (Wildman–Crippen MR) is 119 cm³/mol. The third-order valence-electron chi connectivity index (χ3n) is 5.03. The third kappa shape index (κ3) is 3.89. The molecule has 152 valence electrons. The van der Waals surface area contributed by atoms with Crippen LogP contribution in [0.4, 0.5) is 11.5 Å². The average molecular weight is 420 g/mol. The lowest BCUT2D eigenvalue weighted by molar-refractivity contribution is 0.579. The van der Waals surface area contributed by atoms with Crippen molar-refractivity contribution in [1.82, 2.24) is 24.9 Å². The fourth-order valence-electron chi connectivity index (χ4n) is 3.50. The summed E-state index contributed by atoms with van der Waals surface area (Å²) in [6, 6.07) is 13.7. The molecule has 1 aliphatic heterocycles. The first-order valence-electron chi connectivity index (χ1n) is 9.86. The second-order valence-electron chi connectivity index (χ2n) is 7.08. The summed E-state index contributed by atoms with van der Waals surface area (Å²) in [5.41, 5.74) is 2.93. The highest BCUT2D eigenvalue weighted by Gasteiger charge is 2.18. The highest BCUT2D eigenvalue weighted by Crippen LogP contribution is 2.28. The van der Waals surface area contributed by atoms with Crippen LogP contribution in [0, 0.1) is 0 Å². The fraction of sp³-hybridized carbons (Fsp3) is 0.238. The Hall–Kier alpha value is -3.30. The van der Waals surface area contributed by atoms with E-state index in [9.17, 15) is 4.79 Å². The molecule has 0 saturated carbocycles. The summed E-state index contributed by atoms with van der Waals surface area (Å²) in [6.07, 6.45) is 3.58. The Morgan fingerprint density at radius 3 is 2.77 bits per heavy atom. The smallest absolute Gasteiger partial charge is 0.276 e. The largest absolute Gasteiger partial charge is 0.381 e. The Bertz CT molecular complexity index is 1210. The molecule has 0 atom stereocenters. The molecule has 1 fully saturated rings. The van der Waals surface area contributed by atoms with Gasteiger partial charge in [-0.3, -0.25) is 9.78 Å². The Kier molecular flexibility index (Phi) is 5.12. The van der Waals surface area contributed by atoms with E-state index in [0.717, 1.165) is 54.8 Å². The quantitative estimate of drug-likeness (QED) is 0.513. The van der Waals surface area contributed by atoms with E-state index in [1.54, 1.807) is 23.0 Å². The van der Waals surface area contributed by atoms with Crippen LogP contribution in [-0.2, 0) is 6.54 Å². The molecular weight excluding hydrogens is 398 g/mol. The normalized spacial score (nSPS) is 14.2. The predicted octanol–water partition coefficient (Wildman–Crippen LogP) is 2.23. The van der Waals surface area contributed by atoms with Crippen molar-refractivity contribution in [3.8, 4) is 10.6 Å². The lowest BCUT2D eigenvalue weighted by atomic mass is 10.2. The second-order valence-corrected chi connectivity index (χ2v) is 8.04. The number of anilines is 2. The molecule has 1 saturated heterocycles. The van der Waals surface area contributed by atoms with Gasteiger partial charge < -0.3 is 15.5 Å². The SMILES string of the molecule is O=c1cc(N2CCNCC2)n2nc(-c3cccc(NCc4ccncc4)c3)sc2n1. The maximum absolute atomic E-state index is 12.2. The molecule has 0 aliphatic carbocycles. The van der Waals surface area contributed by atoms with Crippen molar-refractivity contribution < 1.29 is 0 Å². The molecule has 0 unspecified atom stereocenters. The summed E-state index contributed by atoms with van der Waals surface area (Å²) in [5.74, 6) is 0.806. The zero-order valence-electron chi connectivity index (χ0n) is 16.3. The van der Waals surface area contributed by atoms with Crippen LogP contribution in [0.1, 0.15) is 5.56 Å². The van der Waals surface area contributed by atoms with Crippen LogP contribution in [0.25, 0.3) is 15.5 Å². The number of rotatable bonds is 5. The van der Waals surface area contributed by atoms with Gasteiger partial charge >= 0.3 is 0 Å². The van der Waals surface area contributed by atoms with Gasteiger partial charge in [0.25, 0.3) is 5.56 Å². The molecule has 5 rings (SSSR count). The molecule has 1 aromatic carbocycles. The lowest BCUT2D eigenvalue weighted by Gasteiger charge is -2.28. The van der Waals surface area contributed by atoms with Crippen LogP contribution < -0.4 is 21.1 Å². The van der Waals surface area contributed by atoms with Crippen molar-refractivity contribution in [3.63, 3.8) is 0 Å². The van der Waals surface area contributed by atoms with E-state index in [2.05, 4.69) is 31.6 Å². The minimum Gasteiger partial charge on any atom is -0.381 e. The summed E-state index contributed by atoms with van der Waals surface area (Å²) >= 11 is 1.43. The molecule has 8 nitrogen and oxygen atoms in total. The number of nitrogens with zero attached hydrogens (tertiary/aromatic N) is 5. The van der Waals surface area contributed by atoms with Crippen LogP contribution in [0.15, 0.2) is 59.7 Å². The number of hydrogen-bond donors (Lipinski definition) is 2. The zero-order valence-corrected chi connectivity index (χ0v) is 17.1. The third-order valence-corrected chi connectivity index (χ3v) is 5.99. The van der Waals surface area contributed by atoms with Crippen molar-refractivity contribution >= 4 is 27.8 Å². The van der Waals surface area contributed by atoms with Gasteiger partial charge in [-0.1, -0.05) is 23.5 Å². The van der Waals surface area contributed by atoms with Crippen LogP contribution in [0.2, 0.25) is 0 Å². The molecule has 0 spiro atoms. The Balaban J connectivity index is 1.45. The molecule has 0 radical (unpaired) electrons. The van der Waals surface area contributed by atoms with E-state index in [1.165, 1.54) is 16.9 Å². The number of aromatic nitrogens is 4. The first kappa shape index (κ1) is 18.7. The van der Waals surface area contributed by atoms with Gasteiger partial charge in [-0.15, -0.1) is 0 Å². The van der Waals surface area contributed by atoms with Gasteiger partial charge in [-0.25, -0.2) is 0 Å². The summed E-state index contributed by atoms with van der Waals surface area (Å²) in [5, 5.41) is 12.4. The average Bonchev–Trinajstić information content (AvgIpc) is 3.23. The monoisotopic (exact) mass is 419 g/mol. The number of benzene rings is 1. The minimum atomic E-state index is -0.230. The minimum absolute atomic E-state index is 0.230. The fourth-order valence-corrected chi connectivity index (χ4v) is 4.40. The summed E-state index contributed by atoms with van der Waals surface area (Å²) < 4.78 is 1.80. The van der Waals surface area contributed by atoms with Gasteiger partial charge in [-0.2, -0.15) is 14.6 Å². The van der Waals surface area contributed by atoms with Gasteiger partial charge in [0.2, 0.25) is 4.96 Å². The maximum atomic E-state index is 12.2. The van der Waals surface area contributed by atoms with E-state index in [0.29, 0.717) is 4.96 Å². The zero-order chi connectivity index (χ0) is 20.3. The van der Waals surface area contributed by atoms with E-state index in [4.69, 9.17) is 5.10 Å². The number of fused-ring (bicyclic) bond motifs is 1. The van der Waals surface area contributed by atoms with Crippen molar-refractivity contribution in [2.75, 3.05) is 36.4 Å². The first-order valence-corrected chi connectivity index (χ1v) is 10.7. The van der Waals surface area contributed by atoms with E-state index in [1.807, 2.05) is 30.3 Å². The molecular formula is C21H21N7OS. The highest BCUT2D eigenvalue weighted by atomic mass is 32.1. The molecule has 30 heavy (non-hydrogen) atoms. The molecule has 9 heteroatoms. The topological polar surface area (TPSA) is 87.5 Å². The van der Waals surface area contributed by atoms with E-state index >= 15 is 0 Å². The van der Waals surface area contributed by atoms with Crippen LogP contribution in [-0.4, -0.2) is 45.8 Å². The molecule has 3 aromatic heterocycles. The number of nitrogens with one attached hydrogen (secondary N) is 2. The van der Waals surface area contributed by atoms with Gasteiger partial charge in [0, 0.05) is 62.4 Å². The van der Waals surface area contributed by atoms with Crippen LogP contribution in [0.5, 0.6) is 0 Å². The van der Waals surface area contributed by atoms with Crippen molar-refractivity contribution in [2.24, 2.45) is 0 Å². The number of pyridine rings is 1. The van der Waals surface area contributed by atoms with Crippen molar-refractivity contribution in [3.05, 3.63) is 70.8 Å².